The second-order valence-electron chi connectivity index (χ2n) is 6.18. The van der Waals surface area contributed by atoms with E-state index in [4.69, 9.17) is 0 Å². The standard InChI is InChI=1S/C16H27BrSi/c1-16(2,3)18(4,5)15-13-11-9-7-6-8-10-12-14-17/h6-7,9,11-12,14H2,1-5H3. The maximum atomic E-state index is 3.56. The Kier molecular flexibility index (Phi) is 8.75. The highest BCUT2D eigenvalue weighted by Crippen LogP contribution is 2.35. The first-order valence-electron chi connectivity index (χ1n) is 6.83. The van der Waals surface area contributed by atoms with Gasteiger partial charge in [0.25, 0.3) is 0 Å². The van der Waals surface area contributed by atoms with Crippen LogP contribution in [0.1, 0.15) is 52.9 Å². The van der Waals surface area contributed by atoms with E-state index in [9.17, 15) is 0 Å². The van der Waals surface area contributed by atoms with Gasteiger partial charge >= 0.3 is 0 Å². The molecule has 102 valence electrons. The predicted molar refractivity (Wildman–Crippen MR) is 89.6 cm³/mol. The van der Waals surface area contributed by atoms with Crippen molar-refractivity contribution in [1.29, 1.82) is 0 Å². The van der Waals surface area contributed by atoms with Gasteiger partial charge in [0.2, 0.25) is 0 Å². The van der Waals surface area contributed by atoms with Crippen LogP contribution in [0, 0.1) is 23.3 Å². The molecule has 0 aromatic rings. The number of unbranched alkanes of at least 4 members (excludes halogenated alkanes) is 3. The minimum absolute atomic E-state index is 0.376. The second kappa shape index (κ2) is 8.84. The quantitative estimate of drug-likeness (QED) is 0.281. The van der Waals surface area contributed by atoms with E-state index in [1.807, 2.05) is 0 Å². The van der Waals surface area contributed by atoms with Crippen molar-refractivity contribution in [3.05, 3.63) is 0 Å². The van der Waals surface area contributed by atoms with Crippen LogP contribution in [0.25, 0.3) is 0 Å². The molecule has 0 saturated heterocycles. The van der Waals surface area contributed by atoms with Crippen LogP contribution in [0.2, 0.25) is 18.1 Å². The largest absolute Gasteiger partial charge is 0.137 e. The Morgan fingerprint density at radius 1 is 0.889 bits per heavy atom. The van der Waals surface area contributed by atoms with Crippen molar-refractivity contribution in [3.8, 4) is 23.3 Å². The third-order valence-corrected chi connectivity index (χ3v) is 8.42. The predicted octanol–water partition coefficient (Wildman–Crippen LogP) is 5.39. The first kappa shape index (κ1) is 17.8. The summed E-state index contributed by atoms with van der Waals surface area (Å²) in [5.74, 6) is 9.73. The van der Waals surface area contributed by atoms with Crippen LogP contribution in [-0.4, -0.2) is 13.4 Å². The minimum Gasteiger partial charge on any atom is -0.131 e. The van der Waals surface area contributed by atoms with E-state index < -0.39 is 8.07 Å². The van der Waals surface area contributed by atoms with Crippen molar-refractivity contribution in [1.82, 2.24) is 0 Å². The molecule has 0 aliphatic carbocycles. The zero-order valence-electron chi connectivity index (χ0n) is 12.6. The zero-order valence-corrected chi connectivity index (χ0v) is 15.2. The first-order valence-corrected chi connectivity index (χ1v) is 10.9. The van der Waals surface area contributed by atoms with Gasteiger partial charge in [-0.1, -0.05) is 49.8 Å². The third-order valence-electron chi connectivity index (χ3n) is 3.47. The Hall–Kier alpha value is -0.183. The molecule has 0 fully saturated rings. The molecule has 0 aliphatic heterocycles. The summed E-state index contributed by atoms with van der Waals surface area (Å²) >= 11 is 3.37. The van der Waals surface area contributed by atoms with Gasteiger partial charge in [-0.3, -0.25) is 0 Å². The number of hydrogen-bond donors (Lipinski definition) is 0. The van der Waals surface area contributed by atoms with Crippen molar-refractivity contribution < 1.29 is 0 Å². The van der Waals surface area contributed by atoms with E-state index in [-0.39, 0.29) is 0 Å². The highest BCUT2D eigenvalue weighted by atomic mass is 79.9. The normalized spacial score (nSPS) is 11.2. The van der Waals surface area contributed by atoms with Gasteiger partial charge in [-0.05, 0) is 17.9 Å². The monoisotopic (exact) mass is 326 g/mol. The topological polar surface area (TPSA) is 0 Å². The van der Waals surface area contributed by atoms with Crippen molar-refractivity contribution in [2.75, 3.05) is 5.33 Å². The summed E-state index contributed by atoms with van der Waals surface area (Å²) in [5.41, 5.74) is 3.56. The lowest BCUT2D eigenvalue weighted by Gasteiger charge is -2.31. The molecule has 0 radical (unpaired) electrons. The Balaban J connectivity index is 3.84. The van der Waals surface area contributed by atoms with Crippen LogP contribution in [0.5, 0.6) is 0 Å². The lowest BCUT2D eigenvalue weighted by atomic mass is 10.2. The first-order chi connectivity index (χ1) is 8.31. The van der Waals surface area contributed by atoms with E-state index in [0.717, 1.165) is 24.6 Å². The number of hydrogen-bond acceptors (Lipinski definition) is 0. The van der Waals surface area contributed by atoms with Gasteiger partial charge in [0, 0.05) is 24.6 Å². The van der Waals surface area contributed by atoms with Crippen LogP contribution >= 0.6 is 15.9 Å². The molecule has 18 heavy (non-hydrogen) atoms. The van der Waals surface area contributed by atoms with Crippen LogP contribution in [0.4, 0.5) is 0 Å². The number of rotatable bonds is 4. The van der Waals surface area contributed by atoms with Crippen molar-refractivity contribution in [2.45, 2.75) is 71.0 Å². The second-order valence-corrected chi connectivity index (χ2v) is 12.0. The van der Waals surface area contributed by atoms with E-state index in [2.05, 4.69) is 73.1 Å². The lowest BCUT2D eigenvalue weighted by Crippen LogP contribution is -2.35. The van der Waals surface area contributed by atoms with E-state index in [1.54, 1.807) is 0 Å². The van der Waals surface area contributed by atoms with Gasteiger partial charge in [-0.15, -0.1) is 23.3 Å². The van der Waals surface area contributed by atoms with Gasteiger partial charge in [-0.25, -0.2) is 0 Å². The fraction of sp³-hybridized carbons (Fsp3) is 0.750. The summed E-state index contributed by atoms with van der Waals surface area (Å²) in [5, 5.41) is 1.36. The highest BCUT2D eigenvalue weighted by molar-refractivity contribution is 9.09. The summed E-state index contributed by atoms with van der Waals surface area (Å²) < 4.78 is 0. The molecule has 0 nitrogen and oxygen atoms in total. The molecule has 0 aromatic carbocycles. The Bertz CT molecular complexity index is 341. The minimum atomic E-state index is -1.39. The van der Waals surface area contributed by atoms with Crippen LogP contribution < -0.4 is 0 Å². The van der Waals surface area contributed by atoms with Gasteiger partial charge in [-0.2, -0.15) is 0 Å². The molecule has 0 spiro atoms. The summed E-state index contributed by atoms with van der Waals surface area (Å²) in [7, 11) is -1.39. The highest BCUT2D eigenvalue weighted by Gasteiger charge is 2.33. The molecule has 0 amide bonds. The smallest absolute Gasteiger partial charge is 0.131 e. The molecule has 0 saturated carbocycles. The molecule has 0 atom stereocenters. The summed E-state index contributed by atoms with van der Waals surface area (Å²) in [6.45, 7) is 11.7. The van der Waals surface area contributed by atoms with Crippen molar-refractivity contribution in [3.63, 3.8) is 0 Å². The van der Waals surface area contributed by atoms with Crippen LogP contribution in [0.15, 0.2) is 0 Å². The molecule has 2 heteroatoms. The zero-order chi connectivity index (χ0) is 14.1. The fourth-order valence-corrected chi connectivity index (χ4v) is 2.26. The summed E-state index contributed by atoms with van der Waals surface area (Å²) in [4.78, 5) is 0. The molecule has 0 aliphatic rings. The molecular weight excluding hydrogens is 300 g/mol. The van der Waals surface area contributed by atoms with E-state index in [1.165, 1.54) is 12.8 Å². The average molecular weight is 327 g/mol. The summed E-state index contributed by atoms with van der Waals surface area (Å²) in [6, 6.07) is 0. The maximum Gasteiger partial charge on any atom is 0.137 e. The van der Waals surface area contributed by atoms with Crippen molar-refractivity contribution >= 4 is 24.0 Å². The Morgan fingerprint density at radius 2 is 1.39 bits per heavy atom. The Labute approximate surface area is 123 Å². The average Bonchev–Trinajstić information content (AvgIpc) is 2.25. The Morgan fingerprint density at radius 3 is 1.89 bits per heavy atom. The van der Waals surface area contributed by atoms with Gasteiger partial charge < -0.3 is 0 Å². The number of alkyl halides is 1. The molecule has 0 heterocycles. The van der Waals surface area contributed by atoms with Gasteiger partial charge in [0.15, 0.2) is 0 Å². The van der Waals surface area contributed by atoms with E-state index in [0.29, 0.717) is 5.04 Å². The molecule has 0 bridgehead atoms. The van der Waals surface area contributed by atoms with Crippen molar-refractivity contribution in [2.24, 2.45) is 0 Å². The van der Waals surface area contributed by atoms with Crippen LogP contribution in [-0.2, 0) is 0 Å². The molecular formula is C16H27BrSi. The maximum absolute atomic E-state index is 3.56. The van der Waals surface area contributed by atoms with Gasteiger partial charge in [0.05, 0.1) is 0 Å². The van der Waals surface area contributed by atoms with E-state index >= 15 is 0 Å². The molecule has 0 unspecified atom stereocenters. The number of halogens is 1. The lowest BCUT2D eigenvalue weighted by molar-refractivity contribution is 0.730. The SMILES string of the molecule is CC(C)(C)[Si](C)(C)C#CCCCCC#CCCBr. The summed E-state index contributed by atoms with van der Waals surface area (Å²) in [6.07, 6.45) is 5.39. The molecule has 0 N–H and O–H groups in total. The third kappa shape index (κ3) is 8.01. The molecule has 0 rings (SSSR count). The van der Waals surface area contributed by atoms with Crippen LogP contribution in [0.3, 0.4) is 0 Å². The fourth-order valence-electron chi connectivity index (χ4n) is 1.12. The van der Waals surface area contributed by atoms with Gasteiger partial charge in [0.1, 0.15) is 8.07 Å². The molecule has 0 aromatic heterocycles.